The molecule has 1 aromatic carbocycles. The summed E-state index contributed by atoms with van der Waals surface area (Å²) in [6.45, 7) is 3.84. The van der Waals surface area contributed by atoms with E-state index in [4.69, 9.17) is 4.74 Å². The van der Waals surface area contributed by atoms with Crippen molar-refractivity contribution in [2.45, 2.75) is 18.4 Å². The number of hydrogen-bond acceptors (Lipinski definition) is 5. The van der Waals surface area contributed by atoms with Gasteiger partial charge in [-0.1, -0.05) is 18.2 Å². The van der Waals surface area contributed by atoms with Crippen LogP contribution in [0.5, 0.6) is 0 Å². The first-order chi connectivity index (χ1) is 13.7. The number of ether oxygens (including phenoxy) is 1. The molecule has 2 bridgehead atoms. The predicted octanol–water partition coefficient (Wildman–Crippen LogP) is 4.38. The number of thiophene rings is 1. The molecule has 6 heterocycles. The van der Waals surface area contributed by atoms with Crippen molar-refractivity contribution in [2.24, 2.45) is 5.92 Å². The van der Waals surface area contributed by atoms with Crippen LogP contribution in [0, 0.1) is 5.92 Å². The van der Waals surface area contributed by atoms with Crippen LogP contribution in [0.25, 0.3) is 21.3 Å². The minimum Gasteiger partial charge on any atom is -0.439 e. The summed E-state index contributed by atoms with van der Waals surface area (Å²) in [4.78, 5) is 22.6. The van der Waals surface area contributed by atoms with Gasteiger partial charge in [-0.15, -0.1) is 11.3 Å². The first-order valence-corrected chi connectivity index (χ1v) is 10.7. The number of carbonyl (C=O) groups is 1. The summed E-state index contributed by atoms with van der Waals surface area (Å²) in [5.74, 6) is 0.498. The topological polar surface area (TPSA) is 45.7 Å². The number of aromatic nitrogens is 1. The van der Waals surface area contributed by atoms with Gasteiger partial charge in [-0.2, -0.15) is 0 Å². The Morgan fingerprint density at radius 1 is 1.11 bits per heavy atom. The fraction of sp³-hybridized carbons (Fsp3) is 0.364. The highest BCUT2D eigenvalue weighted by atomic mass is 32.1. The molecule has 0 aliphatic carbocycles. The molecular formula is C22H21N3O2S. The molecule has 4 saturated heterocycles. The highest BCUT2D eigenvalue weighted by molar-refractivity contribution is 7.19. The maximum absolute atomic E-state index is 12.7. The monoisotopic (exact) mass is 391 g/mol. The zero-order valence-electron chi connectivity index (χ0n) is 15.5. The summed E-state index contributed by atoms with van der Waals surface area (Å²) < 4.78 is 6.01. The minimum absolute atomic E-state index is 0.192. The van der Waals surface area contributed by atoms with Crippen LogP contribution in [-0.4, -0.2) is 47.8 Å². The second kappa shape index (κ2) is 6.03. The summed E-state index contributed by atoms with van der Waals surface area (Å²) in [7, 11) is 0. The Bertz CT molecular complexity index is 1070. The standard InChI is InChI=1S/C22H21N3O2S/c26-21-25(14-22(27-21)13-24-10-7-17(22)8-11-24)20-6-5-19(28-20)16-4-3-15-2-1-9-23-18(15)12-16/h1-6,9,12,17H,7-8,10-11,13-14H2/t22-/m1/s1. The van der Waals surface area contributed by atoms with Gasteiger partial charge in [0.15, 0.2) is 0 Å². The number of hydrogen-bond donors (Lipinski definition) is 0. The molecule has 4 aliphatic heterocycles. The number of rotatable bonds is 2. The number of pyridine rings is 1. The van der Waals surface area contributed by atoms with Crippen LogP contribution in [0.3, 0.4) is 0 Å². The van der Waals surface area contributed by atoms with E-state index in [9.17, 15) is 4.79 Å². The summed E-state index contributed by atoms with van der Waals surface area (Å²) in [6.07, 6.45) is 3.91. The molecule has 1 spiro atoms. The zero-order chi connectivity index (χ0) is 18.7. The molecule has 0 unspecified atom stereocenters. The Balaban J connectivity index is 1.30. The van der Waals surface area contributed by atoms with Crippen LogP contribution in [0.15, 0.2) is 48.7 Å². The van der Waals surface area contributed by atoms with Crippen LogP contribution in [0.1, 0.15) is 12.8 Å². The molecule has 1 amide bonds. The van der Waals surface area contributed by atoms with Crippen molar-refractivity contribution in [3.63, 3.8) is 0 Å². The number of nitrogens with zero attached hydrogens (tertiary/aromatic N) is 3. The number of fused-ring (bicyclic) bond motifs is 3. The van der Waals surface area contributed by atoms with Crippen LogP contribution >= 0.6 is 11.3 Å². The number of piperidine rings is 3. The Kier molecular flexibility index (Phi) is 3.55. The van der Waals surface area contributed by atoms with Crippen molar-refractivity contribution in [3.05, 3.63) is 48.7 Å². The Morgan fingerprint density at radius 2 is 2.00 bits per heavy atom. The normalized spacial score (nSPS) is 29.0. The van der Waals surface area contributed by atoms with Gasteiger partial charge in [0, 0.05) is 28.9 Å². The minimum atomic E-state index is -0.315. The quantitative estimate of drug-likeness (QED) is 0.650. The lowest BCUT2D eigenvalue weighted by molar-refractivity contribution is -0.0881. The largest absolute Gasteiger partial charge is 0.439 e. The van der Waals surface area contributed by atoms with Gasteiger partial charge >= 0.3 is 6.09 Å². The fourth-order valence-electron chi connectivity index (χ4n) is 5.03. The fourth-order valence-corrected chi connectivity index (χ4v) is 6.02. The van der Waals surface area contributed by atoms with Crippen LogP contribution in [0.2, 0.25) is 0 Å². The van der Waals surface area contributed by atoms with Gasteiger partial charge in [0.05, 0.1) is 12.1 Å². The van der Waals surface area contributed by atoms with Crippen molar-refractivity contribution in [1.29, 1.82) is 0 Å². The lowest BCUT2D eigenvalue weighted by Crippen LogP contribution is -2.61. The van der Waals surface area contributed by atoms with E-state index >= 15 is 0 Å². The molecule has 0 N–H and O–H groups in total. The van der Waals surface area contributed by atoms with E-state index in [0.29, 0.717) is 12.5 Å². The molecule has 3 aromatic rings. The maximum atomic E-state index is 12.7. The van der Waals surface area contributed by atoms with E-state index < -0.39 is 0 Å². The van der Waals surface area contributed by atoms with E-state index in [0.717, 1.165) is 58.8 Å². The molecule has 28 heavy (non-hydrogen) atoms. The highest BCUT2D eigenvalue weighted by Gasteiger charge is 2.55. The summed E-state index contributed by atoms with van der Waals surface area (Å²) >= 11 is 1.65. The third-order valence-corrected chi connectivity index (χ3v) is 7.67. The van der Waals surface area contributed by atoms with Gasteiger partial charge in [-0.25, -0.2) is 4.79 Å². The second-order valence-electron chi connectivity index (χ2n) is 8.12. The van der Waals surface area contributed by atoms with Gasteiger partial charge in [0.2, 0.25) is 0 Å². The predicted molar refractivity (Wildman–Crippen MR) is 111 cm³/mol. The third kappa shape index (κ3) is 2.48. The lowest BCUT2D eigenvalue weighted by atomic mass is 9.75. The maximum Gasteiger partial charge on any atom is 0.415 e. The van der Waals surface area contributed by atoms with Gasteiger partial charge < -0.3 is 4.74 Å². The third-order valence-electron chi connectivity index (χ3n) is 6.51. The van der Waals surface area contributed by atoms with E-state index in [2.05, 4.69) is 40.2 Å². The smallest absolute Gasteiger partial charge is 0.415 e. The number of anilines is 1. The molecule has 4 aliphatic rings. The average molecular weight is 391 g/mol. The van der Waals surface area contributed by atoms with E-state index in [1.54, 1.807) is 11.3 Å². The molecule has 1 atom stereocenters. The lowest BCUT2D eigenvalue weighted by Gasteiger charge is -2.49. The zero-order valence-corrected chi connectivity index (χ0v) is 16.3. The van der Waals surface area contributed by atoms with Crippen LogP contribution < -0.4 is 4.90 Å². The van der Waals surface area contributed by atoms with Crippen molar-refractivity contribution in [1.82, 2.24) is 9.88 Å². The summed E-state index contributed by atoms with van der Waals surface area (Å²) in [5, 5.41) is 2.10. The molecule has 7 rings (SSSR count). The van der Waals surface area contributed by atoms with Gasteiger partial charge in [0.25, 0.3) is 0 Å². The molecule has 0 saturated carbocycles. The molecule has 5 nitrogen and oxygen atoms in total. The van der Waals surface area contributed by atoms with E-state index in [1.165, 1.54) is 0 Å². The van der Waals surface area contributed by atoms with Gasteiger partial charge in [-0.3, -0.25) is 14.8 Å². The van der Waals surface area contributed by atoms with Crippen molar-refractivity contribution >= 4 is 33.3 Å². The molecular weight excluding hydrogens is 370 g/mol. The molecule has 0 radical (unpaired) electrons. The molecule has 6 heteroatoms. The average Bonchev–Trinajstić information content (AvgIpc) is 3.33. The second-order valence-corrected chi connectivity index (χ2v) is 9.18. The summed E-state index contributed by atoms with van der Waals surface area (Å²) in [5.41, 5.74) is 1.80. The molecule has 142 valence electrons. The highest BCUT2D eigenvalue weighted by Crippen LogP contribution is 2.45. The number of benzene rings is 1. The van der Waals surface area contributed by atoms with Crippen molar-refractivity contribution < 1.29 is 9.53 Å². The SMILES string of the molecule is O=C1O[C@]2(CN3CCC2CC3)CN1c1ccc(-c2ccc3cccnc3c2)s1. The summed E-state index contributed by atoms with van der Waals surface area (Å²) in [6, 6.07) is 14.5. The van der Waals surface area contributed by atoms with Crippen LogP contribution in [0.4, 0.5) is 9.80 Å². The van der Waals surface area contributed by atoms with Crippen LogP contribution in [-0.2, 0) is 4.74 Å². The van der Waals surface area contributed by atoms with Crippen molar-refractivity contribution in [3.8, 4) is 10.4 Å². The first-order valence-electron chi connectivity index (χ1n) is 9.88. The number of carbonyl (C=O) groups excluding carboxylic acids is 1. The van der Waals surface area contributed by atoms with E-state index in [1.807, 2.05) is 23.2 Å². The Morgan fingerprint density at radius 3 is 2.82 bits per heavy atom. The number of amides is 1. The Labute approximate surface area is 167 Å². The molecule has 4 fully saturated rings. The molecule has 2 aromatic heterocycles. The van der Waals surface area contributed by atoms with E-state index in [-0.39, 0.29) is 11.7 Å². The first kappa shape index (κ1) is 16.5. The van der Waals surface area contributed by atoms with Gasteiger partial charge in [-0.05, 0) is 55.8 Å². The Hall–Kier alpha value is -2.44. The van der Waals surface area contributed by atoms with Gasteiger partial charge in [0.1, 0.15) is 10.6 Å². The van der Waals surface area contributed by atoms with Crippen molar-refractivity contribution in [2.75, 3.05) is 31.1 Å².